The molecule has 3 unspecified atom stereocenters. The molecule has 2 aliphatic rings. The molecule has 1 N–H and O–H groups in total. The summed E-state index contributed by atoms with van der Waals surface area (Å²) in [4.78, 5) is 24.6. The van der Waals surface area contributed by atoms with Gasteiger partial charge < -0.3 is 19.5 Å². The van der Waals surface area contributed by atoms with Crippen LogP contribution in [0, 0.1) is 11.8 Å². The number of carboxylic acid groups (broad SMARTS) is 1. The third-order valence-electron chi connectivity index (χ3n) is 3.84. The standard InChI is InChI=1S/C14H23NO5/c1-14(2,3)20-13(18)15-5-4-9-8-19-11(6-12(16)17)10(9)7-15/h9-11H,4-8H2,1-3H3,(H,16,17). The molecule has 0 aromatic carbocycles. The van der Waals surface area contributed by atoms with E-state index >= 15 is 0 Å². The molecule has 0 saturated carbocycles. The zero-order valence-electron chi connectivity index (χ0n) is 12.3. The maximum atomic E-state index is 12.1. The summed E-state index contributed by atoms with van der Waals surface area (Å²) in [6.45, 7) is 7.29. The molecule has 2 fully saturated rings. The number of aliphatic carboxylic acids is 1. The fraction of sp³-hybridized carbons (Fsp3) is 0.857. The number of likely N-dealkylation sites (tertiary alicyclic amines) is 1. The summed E-state index contributed by atoms with van der Waals surface area (Å²) in [5.74, 6) is -0.393. The Morgan fingerprint density at radius 2 is 2.10 bits per heavy atom. The van der Waals surface area contributed by atoms with Crippen molar-refractivity contribution >= 4 is 12.1 Å². The van der Waals surface area contributed by atoms with Crippen LogP contribution in [0.3, 0.4) is 0 Å². The third-order valence-corrected chi connectivity index (χ3v) is 3.84. The lowest BCUT2D eigenvalue weighted by Crippen LogP contribution is -2.47. The number of amides is 1. The fourth-order valence-electron chi connectivity index (χ4n) is 2.90. The van der Waals surface area contributed by atoms with E-state index in [1.165, 1.54) is 0 Å². The molecular formula is C14H23NO5. The first-order valence-corrected chi connectivity index (χ1v) is 7.07. The molecule has 2 saturated heterocycles. The summed E-state index contributed by atoms with van der Waals surface area (Å²) < 4.78 is 11.0. The predicted octanol–water partition coefficient (Wildman–Crippen LogP) is 1.73. The minimum Gasteiger partial charge on any atom is -0.481 e. The molecule has 3 atom stereocenters. The zero-order valence-corrected chi connectivity index (χ0v) is 12.3. The van der Waals surface area contributed by atoms with E-state index in [0.29, 0.717) is 25.6 Å². The van der Waals surface area contributed by atoms with Crippen molar-refractivity contribution in [1.29, 1.82) is 0 Å². The lowest BCUT2D eigenvalue weighted by molar-refractivity contribution is -0.140. The average Bonchev–Trinajstić information content (AvgIpc) is 2.69. The van der Waals surface area contributed by atoms with Gasteiger partial charge in [-0.3, -0.25) is 4.79 Å². The molecule has 1 amide bonds. The second kappa shape index (κ2) is 5.60. The Morgan fingerprint density at radius 3 is 2.70 bits per heavy atom. The van der Waals surface area contributed by atoms with Crippen LogP contribution in [0.2, 0.25) is 0 Å². The van der Waals surface area contributed by atoms with Crippen LogP contribution in [0.15, 0.2) is 0 Å². The van der Waals surface area contributed by atoms with Gasteiger partial charge in [0.1, 0.15) is 5.60 Å². The van der Waals surface area contributed by atoms with Crippen molar-refractivity contribution in [2.75, 3.05) is 19.7 Å². The highest BCUT2D eigenvalue weighted by atomic mass is 16.6. The fourth-order valence-corrected chi connectivity index (χ4v) is 2.90. The van der Waals surface area contributed by atoms with Gasteiger partial charge in [0.15, 0.2) is 0 Å². The Morgan fingerprint density at radius 1 is 1.40 bits per heavy atom. The Kier molecular flexibility index (Phi) is 4.22. The Labute approximate surface area is 119 Å². The smallest absolute Gasteiger partial charge is 0.410 e. The monoisotopic (exact) mass is 285 g/mol. The molecular weight excluding hydrogens is 262 g/mol. The SMILES string of the molecule is CC(C)(C)OC(=O)N1CCC2COC(CC(=O)O)C2C1. The summed E-state index contributed by atoms with van der Waals surface area (Å²) in [5.41, 5.74) is -0.513. The highest BCUT2D eigenvalue weighted by Gasteiger charge is 2.43. The number of fused-ring (bicyclic) bond motifs is 1. The summed E-state index contributed by atoms with van der Waals surface area (Å²) in [6, 6.07) is 0. The van der Waals surface area contributed by atoms with E-state index in [0.717, 1.165) is 6.42 Å². The van der Waals surface area contributed by atoms with Gasteiger partial charge in [-0.1, -0.05) is 0 Å². The van der Waals surface area contributed by atoms with E-state index in [-0.39, 0.29) is 24.5 Å². The molecule has 6 heteroatoms. The molecule has 0 spiro atoms. The van der Waals surface area contributed by atoms with Gasteiger partial charge in [0.2, 0.25) is 0 Å². The Balaban J connectivity index is 1.96. The highest BCUT2D eigenvalue weighted by Crippen LogP contribution is 2.35. The van der Waals surface area contributed by atoms with Gasteiger partial charge in [0, 0.05) is 19.0 Å². The van der Waals surface area contributed by atoms with E-state index in [9.17, 15) is 9.59 Å². The van der Waals surface area contributed by atoms with Crippen molar-refractivity contribution in [3.05, 3.63) is 0 Å². The van der Waals surface area contributed by atoms with Crippen LogP contribution >= 0.6 is 0 Å². The van der Waals surface area contributed by atoms with Crippen LogP contribution in [-0.4, -0.2) is 53.5 Å². The van der Waals surface area contributed by atoms with Crippen LogP contribution in [0.25, 0.3) is 0 Å². The van der Waals surface area contributed by atoms with Crippen molar-refractivity contribution in [2.45, 2.75) is 45.3 Å². The number of ether oxygens (including phenoxy) is 2. The average molecular weight is 285 g/mol. The Hall–Kier alpha value is -1.30. The molecule has 0 bridgehead atoms. The van der Waals surface area contributed by atoms with Gasteiger partial charge in [-0.2, -0.15) is 0 Å². The minimum atomic E-state index is -0.856. The number of hydrogen-bond donors (Lipinski definition) is 1. The number of piperidine rings is 1. The molecule has 2 aliphatic heterocycles. The minimum absolute atomic E-state index is 0.00330. The summed E-state index contributed by atoms with van der Waals surface area (Å²) >= 11 is 0. The van der Waals surface area contributed by atoms with Crippen LogP contribution in [-0.2, 0) is 14.3 Å². The second-order valence-corrected chi connectivity index (χ2v) is 6.61. The topological polar surface area (TPSA) is 76.1 Å². The van der Waals surface area contributed by atoms with Crippen molar-refractivity contribution in [1.82, 2.24) is 4.90 Å². The molecule has 2 heterocycles. The van der Waals surface area contributed by atoms with Gasteiger partial charge in [0.25, 0.3) is 0 Å². The Bertz CT molecular complexity index is 390. The number of rotatable bonds is 2. The molecule has 0 aromatic heterocycles. The van der Waals surface area contributed by atoms with Gasteiger partial charge in [-0.15, -0.1) is 0 Å². The van der Waals surface area contributed by atoms with E-state index in [4.69, 9.17) is 14.6 Å². The number of hydrogen-bond acceptors (Lipinski definition) is 4. The molecule has 0 radical (unpaired) electrons. The molecule has 6 nitrogen and oxygen atoms in total. The molecule has 2 rings (SSSR count). The maximum absolute atomic E-state index is 12.1. The van der Waals surface area contributed by atoms with Crippen LogP contribution in [0.1, 0.15) is 33.6 Å². The number of carbonyl (C=O) groups is 2. The van der Waals surface area contributed by atoms with Crippen molar-refractivity contribution in [2.24, 2.45) is 11.8 Å². The lowest BCUT2D eigenvalue weighted by Gasteiger charge is -2.36. The molecule has 0 aromatic rings. The van der Waals surface area contributed by atoms with Crippen LogP contribution in [0.4, 0.5) is 4.79 Å². The second-order valence-electron chi connectivity index (χ2n) is 6.61. The first kappa shape index (κ1) is 15.1. The first-order chi connectivity index (χ1) is 9.26. The first-order valence-electron chi connectivity index (χ1n) is 7.07. The largest absolute Gasteiger partial charge is 0.481 e. The number of carbonyl (C=O) groups excluding carboxylic acids is 1. The van der Waals surface area contributed by atoms with Gasteiger partial charge in [0.05, 0.1) is 19.1 Å². The van der Waals surface area contributed by atoms with E-state index in [1.807, 2.05) is 20.8 Å². The zero-order chi connectivity index (χ0) is 14.9. The normalized spacial score (nSPS) is 29.9. The van der Waals surface area contributed by atoms with Crippen molar-refractivity contribution < 1.29 is 24.2 Å². The van der Waals surface area contributed by atoms with Gasteiger partial charge in [-0.05, 0) is 33.1 Å². The van der Waals surface area contributed by atoms with E-state index < -0.39 is 11.6 Å². The number of nitrogens with zero attached hydrogens (tertiary/aromatic N) is 1. The predicted molar refractivity (Wildman–Crippen MR) is 71.4 cm³/mol. The van der Waals surface area contributed by atoms with Crippen LogP contribution < -0.4 is 0 Å². The van der Waals surface area contributed by atoms with E-state index in [1.54, 1.807) is 4.90 Å². The highest BCUT2D eigenvalue weighted by molar-refractivity contribution is 5.69. The lowest BCUT2D eigenvalue weighted by atomic mass is 9.84. The molecule has 20 heavy (non-hydrogen) atoms. The maximum Gasteiger partial charge on any atom is 0.410 e. The van der Waals surface area contributed by atoms with Crippen molar-refractivity contribution in [3.8, 4) is 0 Å². The van der Waals surface area contributed by atoms with Crippen LogP contribution in [0.5, 0.6) is 0 Å². The number of carboxylic acids is 1. The summed E-state index contributed by atoms with van der Waals surface area (Å²) in [5, 5.41) is 8.91. The van der Waals surface area contributed by atoms with Crippen molar-refractivity contribution in [3.63, 3.8) is 0 Å². The summed E-state index contributed by atoms with van der Waals surface area (Å²) in [6.07, 6.45) is 0.239. The molecule has 0 aliphatic carbocycles. The quantitative estimate of drug-likeness (QED) is 0.836. The third kappa shape index (κ3) is 3.62. The molecule has 114 valence electrons. The van der Waals surface area contributed by atoms with Gasteiger partial charge >= 0.3 is 12.1 Å². The van der Waals surface area contributed by atoms with Gasteiger partial charge in [-0.25, -0.2) is 4.79 Å². The summed E-state index contributed by atoms with van der Waals surface area (Å²) in [7, 11) is 0. The van der Waals surface area contributed by atoms with E-state index in [2.05, 4.69) is 0 Å².